The van der Waals surface area contributed by atoms with Crippen molar-refractivity contribution >= 4 is 6.47 Å². The number of para-hydroxylation sites is 1. The molecule has 0 amide bonds. The van der Waals surface area contributed by atoms with Gasteiger partial charge < -0.3 is 23.9 Å². The van der Waals surface area contributed by atoms with E-state index in [1.54, 1.807) is 25.8 Å². The number of benzene rings is 2. The van der Waals surface area contributed by atoms with Crippen LogP contribution in [0.4, 0.5) is 0 Å². The van der Waals surface area contributed by atoms with Gasteiger partial charge in [-0.15, -0.1) is 0 Å². The molecule has 2 aromatic heterocycles. The number of carbonyl (C=O) groups is 1. The van der Waals surface area contributed by atoms with Crippen molar-refractivity contribution in [3.8, 4) is 28.6 Å². The smallest absolute Gasteiger partial charge is 0.290 e. The maximum absolute atomic E-state index is 8.36. The topological polar surface area (TPSA) is 101 Å². The summed E-state index contributed by atoms with van der Waals surface area (Å²) in [4.78, 5) is 17.1. The Bertz CT molecular complexity index is 1200. The normalized spacial score (nSPS) is 11.9. The molecule has 33 heavy (non-hydrogen) atoms. The molecule has 0 bridgehead atoms. The van der Waals surface area contributed by atoms with Crippen molar-refractivity contribution in [1.82, 2.24) is 19.1 Å². The van der Waals surface area contributed by atoms with Crippen molar-refractivity contribution < 1.29 is 24.1 Å². The Morgan fingerprint density at radius 2 is 2.00 bits per heavy atom. The molecule has 1 N–H and O–H groups in total. The first-order valence-corrected chi connectivity index (χ1v) is 10.3. The van der Waals surface area contributed by atoms with Crippen molar-refractivity contribution in [3.63, 3.8) is 0 Å². The van der Waals surface area contributed by atoms with E-state index in [1.807, 2.05) is 35.2 Å². The van der Waals surface area contributed by atoms with Gasteiger partial charge in [-0.3, -0.25) is 9.36 Å². The molecule has 9 heteroatoms. The zero-order valence-corrected chi connectivity index (χ0v) is 18.1. The largest absolute Gasteiger partial charge is 0.493 e. The second-order valence-electron chi connectivity index (χ2n) is 7.16. The number of fused-ring (bicyclic) bond motifs is 1. The molecule has 1 aliphatic heterocycles. The number of methoxy groups -OCH3 is 1. The number of rotatable bonds is 7. The van der Waals surface area contributed by atoms with Crippen molar-refractivity contribution in [2.45, 2.75) is 19.8 Å². The standard InChI is InChI=1S/C23H22N4O3.CH2O2/c1-28-21-4-2-3-20(22(21)30-12-11-26-9-7-24-16-26)23-25-8-10-27(23)19-6-5-17-14-29-15-18(17)13-19;2-1-3/h2-10,13,16H,11-12,14-15H2,1H3;1H,(H,2,3). The number of aromatic nitrogens is 4. The van der Waals surface area contributed by atoms with Gasteiger partial charge in [0.25, 0.3) is 6.47 Å². The summed E-state index contributed by atoms with van der Waals surface area (Å²) in [7, 11) is 1.65. The number of hydrogen-bond donors (Lipinski definition) is 1. The number of imidazole rings is 2. The number of hydrogen-bond acceptors (Lipinski definition) is 6. The molecular formula is C24H24N4O5. The van der Waals surface area contributed by atoms with Crippen molar-refractivity contribution in [2.75, 3.05) is 13.7 Å². The Hall–Kier alpha value is -4.11. The first-order chi connectivity index (χ1) is 16.2. The van der Waals surface area contributed by atoms with Crippen LogP contribution in [0.1, 0.15) is 11.1 Å². The van der Waals surface area contributed by atoms with Gasteiger partial charge in [-0.1, -0.05) is 12.1 Å². The summed E-state index contributed by atoms with van der Waals surface area (Å²) < 4.78 is 21.4. The van der Waals surface area contributed by atoms with E-state index < -0.39 is 0 Å². The number of nitrogens with zero attached hydrogens (tertiary/aromatic N) is 4. The van der Waals surface area contributed by atoms with Gasteiger partial charge in [-0.2, -0.15) is 0 Å². The summed E-state index contributed by atoms with van der Waals surface area (Å²) in [5.74, 6) is 2.15. The zero-order chi connectivity index (χ0) is 23.0. The molecule has 0 atom stereocenters. The lowest BCUT2D eigenvalue weighted by molar-refractivity contribution is -0.122. The van der Waals surface area contributed by atoms with E-state index in [0.29, 0.717) is 37.9 Å². The van der Waals surface area contributed by atoms with E-state index in [4.69, 9.17) is 24.1 Å². The molecule has 170 valence electrons. The lowest BCUT2D eigenvalue weighted by Crippen LogP contribution is -2.08. The lowest BCUT2D eigenvalue weighted by Gasteiger charge is -2.16. The SMILES string of the molecule is COc1cccc(-c2nccn2-c2ccc3c(c2)COC3)c1OCCn1ccnc1.O=CO. The summed E-state index contributed by atoms with van der Waals surface area (Å²) in [6.45, 7) is 2.25. The van der Waals surface area contributed by atoms with Crippen LogP contribution in [0.15, 0.2) is 67.5 Å². The molecule has 0 fully saturated rings. The van der Waals surface area contributed by atoms with Gasteiger partial charge in [-0.25, -0.2) is 9.97 Å². The average molecular weight is 448 g/mol. The predicted octanol–water partition coefficient (Wildman–Crippen LogP) is 3.55. The summed E-state index contributed by atoms with van der Waals surface area (Å²) in [6.07, 6.45) is 9.20. The summed E-state index contributed by atoms with van der Waals surface area (Å²) >= 11 is 0. The fraction of sp³-hybridized carbons (Fsp3) is 0.208. The molecule has 0 saturated carbocycles. The van der Waals surface area contributed by atoms with Crippen molar-refractivity contribution in [2.24, 2.45) is 0 Å². The number of ether oxygens (including phenoxy) is 3. The Morgan fingerprint density at radius 1 is 1.15 bits per heavy atom. The molecule has 0 unspecified atom stereocenters. The van der Waals surface area contributed by atoms with Gasteiger partial charge in [-0.05, 0) is 35.4 Å². The van der Waals surface area contributed by atoms with Gasteiger partial charge >= 0.3 is 0 Å². The lowest BCUT2D eigenvalue weighted by atomic mass is 10.1. The van der Waals surface area contributed by atoms with E-state index >= 15 is 0 Å². The van der Waals surface area contributed by atoms with Crippen LogP contribution in [0.2, 0.25) is 0 Å². The quantitative estimate of drug-likeness (QED) is 0.432. The second kappa shape index (κ2) is 10.5. The molecule has 0 saturated heterocycles. The highest BCUT2D eigenvalue weighted by molar-refractivity contribution is 5.70. The van der Waals surface area contributed by atoms with E-state index in [9.17, 15) is 0 Å². The Morgan fingerprint density at radius 3 is 2.79 bits per heavy atom. The third kappa shape index (κ3) is 4.88. The fourth-order valence-corrected chi connectivity index (χ4v) is 3.69. The molecule has 9 nitrogen and oxygen atoms in total. The van der Waals surface area contributed by atoms with Crippen LogP contribution >= 0.6 is 0 Å². The molecule has 0 spiro atoms. The summed E-state index contributed by atoms with van der Waals surface area (Å²) in [5, 5.41) is 6.89. The Labute approximate surface area is 190 Å². The van der Waals surface area contributed by atoms with Crippen LogP contribution in [0, 0.1) is 0 Å². The molecular weight excluding hydrogens is 424 g/mol. The third-order valence-electron chi connectivity index (χ3n) is 5.22. The van der Waals surface area contributed by atoms with Crippen molar-refractivity contribution in [1.29, 1.82) is 0 Å². The molecule has 0 radical (unpaired) electrons. The molecule has 0 aliphatic carbocycles. The Balaban J connectivity index is 0.000000821. The van der Waals surface area contributed by atoms with E-state index in [-0.39, 0.29) is 6.47 Å². The van der Waals surface area contributed by atoms with Crippen LogP contribution in [0.5, 0.6) is 11.5 Å². The van der Waals surface area contributed by atoms with E-state index in [1.165, 1.54) is 11.1 Å². The summed E-state index contributed by atoms with van der Waals surface area (Å²) in [6, 6.07) is 12.2. The van der Waals surface area contributed by atoms with Crippen molar-refractivity contribution in [3.05, 3.63) is 78.6 Å². The summed E-state index contributed by atoms with van der Waals surface area (Å²) in [5.41, 5.74) is 4.38. The zero-order valence-electron chi connectivity index (χ0n) is 18.1. The first kappa shape index (κ1) is 22.1. The highest BCUT2D eigenvalue weighted by Gasteiger charge is 2.19. The molecule has 1 aliphatic rings. The third-order valence-corrected chi connectivity index (χ3v) is 5.22. The molecule has 2 aromatic carbocycles. The van der Waals surface area contributed by atoms with Crippen LogP contribution in [0.25, 0.3) is 17.1 Å². The second-order valence-corrected chi connectivity index (χ2v) is 7.16. The monoisotopic (exact) mass is 448 g/mol. The van der Waals surface area contributed by atoms with Gasteiger partial charge in [0.1, 0.15) is 12.4 Å². The minimum atomic E-state index is -0.250. The fourth-order valence-electron chi connectivity index (χ4n) is 3.69. The van der Waals surface area contributed by atoms with Crippen LogP contribution in [0.3, 0.4) is 0 Å². The first-order valence-electron chi connectivity index (χ1n) is 10.3. The molecule has 3 heterocycles. The Kier molecular flexibility index (Phi) is 7.01. The maximum Gasteiger partial charge on any atom is 0.290 e. The van der Waals surface area contributed by atoms with Gasteiger partial charge in [0.15, 0.2) is 11.5 Å². The average Bonchev–Trinajstić information content (AvgIpc) is 3.60. The van der Waals surface area contributed by atoms with Crippen LogP contribution in [-0.4, -0.2) is 44.4 Å². The van der Waals surface area contributed by atoms with Gasteiger partial charge in [0.2, 0.25) is 0 Å². The molecule has 4 aromatic rings. The minimum absolute atomic E-state index is 0.250. The van der Waals surface area contributed by atoms with E-state index in [0.717, 1.165) is 17.1 Å². The van der Waals surface area contributed by atoms with Gasteiger partial charge in [0, 0.05) is 30.5 Å². The highest BCUT2D eigenvalue weighted by Crippen LogP contribution is 2.38. The predicted molar refractivity (Wildman–Crippen MR) is 120 cm³/mol. The maximum atomic E-state index is 8.36. The minimum Gasteiger partial charge on any atom is -0.493 e. The van der Waals surface area contributed by atoms with Gasteiger partial charge in [0.05, 0.1) is 38.8 Å². The van der Waals surface area contributed by atoms with E-state index in [2.05, 4.69) is 32.7 Å². The number of carboxylic acid groups (broad SMARTS) is 1. The van der Waals surface area contributed by atoms with Crippen LogP contribution in [-0.2, 0) is 29.3 Å². The molecule has 5 rings (SSSR count). The van der Waals surface area contributed by atoms with Crippen LogP contribution < -0.4 is 9.47 Å². The highest BCUT2D eigenvalue weighted by atomic mass is 16.5.